The van der Waals surface area contributed by atoms with E-state index in [0.29, 0.717) is 18.4 Å². The van der Waals surface area contributed by atoms with E-state index < -0.39 is 17.5 Å². The molecule has 1 heterocycles. The van der Waals surface area contributed by atoms with Gasteiger partial charge in [-0.15, -0.1) is 0 Å². The molecule has 2 atom stereocenters. The van der Waals surface area contributed by atoms with E-state index >= 15 is 0 Å². The van der Waals surface area contributed by atoms with Gasteiger partial charge in [0.1, 0.15) is 11.6 Å². The number of likely N-dealkylation sites (tertiary alicyclic amines) is 1. The molecule has 0 saturated carbocycles. The number of halogens is 3. The van der Waals surface area contributed by atoms with Crippen LogP contribution in [0.4, 0.5) is 13.2 Å². The summed E-state index contributed by atoms with van der Waals surface area (Å²) < 4.78 is 45.5. The van der Waals surface area contributed by atoms with E-state index in [2.05, 4.69) is 11.0 Å². The van der Waals surface area contributed by atoms with Crippen molar-refractivity contribution in [2.75, 3.05) is 26.7 Å². The molecule has 1 saturated heterocycles. The SMILES string of the molecule is COc1ccccc1C1CCN(CC[C@H](N)Cc2cc(F)c(F)cc2F)C1. The van der Waals surface area contributed by atoms with Crippen LogP contribution < -0.4 is 10.5 Å². The molecule has 1 aliphatic rings. The molecule has 1 aliphatic heterocycles. The quantitative estimate of drug-likeness (QED) is 0.744. The molecule has 2 N–H and O–H groups in total. The van der Waals surface area contributed by atoms with Gasteiger partial charge in [-0.25, -0.2) is 13.2 Å². The van der Waals surface area contributed by atoms with E-state index in [0.717, 1.165) is 37.9 Å². The van der Waals surface area contributed by atoms with Crippen molar-refractivity contribution in [1.82, 2.24) is 4.90 Å². The van der Waals surface area contributed by atoms with Gasteiger partial charge in [-0.2, -0.15) is 0 Å². The first-order valence-corrected chi connectivity index (χ1v) is 9.22. The third-order valence-electron chi connectivity index (χ3n) is 5.24. The molecule has 3 nitrogen and oxygen atoms in total. The summed E-state index contributed by atoms with van der Waals surface area (Å²) in [5.74, 6) is -1.64. The van der Waals surface area contributed by atoms with Crippen LogP contribution in [0.3, 0.4) is 0 Å². The fraction of sp³-hybridized carbons (Fsp3) is 0.429. The average molecular weight is 378 g/mol. The average Bonchev–Trinajstić information content (AvgIpc) is 3.13. The van der Waals surface area contributed by atoms with E-state index in [9.17, 15) is 13.2 Å². The Morgan fingerprint density at radius 3 is 2.67 bits per heavy atom. The van der Waals surface area contributed by atoms with Gasteiger partial charge in [0.05, 0.1) is 7.11 Å². The maximum absolute atomic E-state index is 13.8. The third kappa shape index (κ3) is 4.82. The normalized spacial score (nSPS) is 18.6. The molecular formula is C21H25F3N2O. The lowest BCUT2D eigenvalue weighted by molar-refractivity contribution is 0.315. The maximum atomic E-state index is 13.8. The van der Waals surface area contributed by atoms with Crippen LogP contribution in [-0.2, 0) is 6.42 Å². The number of benzene rings is 2. The Kier molecular flexibility index (Phi) is 6.39. The van der Waals surface area contributed by atoms with Crippen LogP contribution in [0.25, 0.3) is 0 Å². The number of ether oxygens (including phenoxy) is 1. The van der Waals surface area contributed by atoms with Crippen molar-refractivity contribution in [2.24, 2.45) is 5.73 Å². The lowest BCUT2D eigenvalue weighted by atomic mass is 9.97. The second-order valence-corrected chi connectivity index (χ2v) is 7.14. The minimum absolute atomic E-state index is 0.120. The van der Waals surface area contributed by atoms with Gasteiger partial charge in [0, 0.05) is 24.6 Å². The Balaban J connectivity index is 1.51. The molecule has 0 aromatic heterocycles. The van der Waals surface area contributed by atoms with Crippen LogP contribution in [0.2, 0.25) is 0 Å². The van der Waals surface area contributed by atoms with Crippen molar-refractivity contribution in [1.29, 1.82) is 0 Å². The molecule has 2 aromatic carbocycles. The first-order chi connectivity index (χ1) is 13.0. The molecule has 27 heavy (non-hydrogen) atoms. The van der Waals surface area contributed by atoms with E-state index in [1.54, 1.807) is 7.11 Å². The second kappa shape index (κ2) is 8.76. The summed E-state index contributed by atoms with van der Waals surface area (Å²) in [7, 11) is 1.68. The molecule has 0 aliphatic carbocycles. The Morgan fingerprint density at radius 1 is 1.15 bits per heavy atom. The van der Waals surface area contributed by atoms with E-state index in [-0.39, 0.29) is 18.0 Å². The highest BCUT2D eigenvalue weighted by molar-refractivity contribution is 5.37. The number of nitrogens with two attached hydrogens (primary N) is 1. The lowest BCUT2D eigenvalue weighted by Crippen LogP contribution is -2.31. The van der Waals surface area contributed by atoms with Crippen LogP contribution in [0.1, 0.15) is 29.9 Å². The highest BCUT2D eigenvalue weighted by Crippen LogP contribution is 2.33. The predicted molar refractivity (Wildman–Crippen MR) is 99.4 cm³/mol. The maximum Gasteiger partial charge on any atom is 0.161 e. The number of hydrogen-bond donors (Lipinski definition) is 1. The molecule has 1 unspecified atom stereocenters. The van der Waals surface area contributed by atoms with E-state index in [1.807, 2.05) is 18.2 Å². The topological polar surface area (TPSA) is 38.5 Å². The van der Waals surface area contributed by atoms with Gasteiger partial charge in [0.15, 0.2) is 11.6 Å². The number of hydrogen-bond acceptors (Lipinski definition) is 3. The van der Waals surface area contributed by atoms with Crippen LogP contribution >= 0.6 is 0 Å². The van der Waals surface area contributed by atoms with Crippen molar-refractivity contribution in [3.63, 3.8) is 0 Å². The summed E-state index contributed by atoms with van der Waals surface area (Å²) in [6.07, 6.45) is 1.90. The van der Waals surface area contributed by atoms with Gasteiger partial charge in [0.2, 0.25) is 0 Å². The Morgan fingerprint density at radius 2 is 1.89 bits per heavy atom. The predicted octanol–water partition coefficient (Wildman–Crippen LogP) is 3.86. The summed E-state index contributed by atoms with van der Waals surface area (Å²) in [5.41, 5.74) is 7.44. The fourth-order valence-corrected chi connectivity index (χ4v) is 3.75. The molecule has 0 spiro atoms. The van der Waals surface area contributed by atoms with Crippen LogP contribution in [0, 0.1) is 17.5 Å². The van der Waals surface area contributed by atoms with Gasteiger partial charge in [0.25, 0.3) is 0 Å². The van der Waals surface area contributed by atoms with Gasteiger partial charge in [-0.05, 0) is 55.6 Å². The highest BCUT2D eigenvalue weighted by Gasteiger charge is 2.26. The Labute approximate surface area is 157 Å². The molecule has 3 rings (SSSR count). The van der Waals surface area contributed by atoms with Crippen molar-refractivity contribution in [2.45, 2.75) is 31.2 Å². The minimum Gasteiger partial charge on any atom is -0.496 e. The molecule has 0 bridgehead atoms. The molecule has 146 valence electrons. The van der Waals surface area contributed by atoms with Crippen molar-refractivity contribution >= 4 is 0 Å². The lowest BCUT2D eigenvalue weighted by Gasteiger charge is -2.20. The molecular weight excluding hydrogens is 353 g/mol. The fourth-order valence-electron chi connectivity index (χ4n) is 3.75. The first-order valence-electron chi connectivity index (χ1n) is 9.22. The largest absolute Gasteiger partial charge is 0.496 e. The van der Waals surface area contributed by atoms with E-state index in [1.165, 1.54) is 5.56 Å². The van der Waals surface area contributed by atoms with Crippen LogP contribution in [0.5, 0.6) is 5.75 Å². The van der Waals surface area contributed by atoms with Crippen molar-refractivity contribution in [3.05, 3.63) is 65.0 Å². The summed E-state index contributed by atoms with van der Waals surface area (Å²) >= 11 is 0. The summed E-state index contributed by atoms with van der Waals surface area (Å²) in [5, 5.41) is 0. The number of para-hydroxylation sites is 1. The molecule has 1 fully saturated rings. The standard InChI is InChI=1S/C21H25F3N2O/c1-27-21-5-3-2-4-17(21)14-6-8-26(13-14)9-7-16(25)10-15-11-19(23)20(24)12-18(15)22/h2-5,11-12,14,16H,6-10,13,25H2,1H3/t14?,16-/m0/s1. The van der Waals surface area contributed by atoms with Gasteiger partial charge in [-0.3, -0.25) is 0 Å². The number of methoxy groups -OCH3 is 1. The third-order valence-corrected chi connectivity index (χ3v) is 5.24. The summed E-state index contributed by atoms with van der Waals surface area (Å²) in [6.45, 7) is 2.68. The van der Waals surface area contributed by atoms with Crippen molar-refractivity contribution < 1.29 is 17.9 Å². The summed E-state index contributed by atoms with van der Waals surface area (Å²) in [6, 6.07) is 9.23. The van der Waals surface area contributed by atoms with Gasteiger partial charge >= 0.3 is 0 Å². The molecule has 0 radical (unpaired) electrons. The molecule has 2 aromatic rings. The minimum atomic E-state index is -1.18. The van der Waals surface area contributed by atoms with Crippen LogP contribution in [0.15, 0.2) is 36.4 Å². The Bertz CT molecular complexity index is 784. The Hall–Kier alpha value is -2.05. The zero-order valence-corrected chi connectivity index (χ0v) is 15.4. The highest BCUT2D eigenvalue weighted by atomic mass is 19.2. The van der Waals surface area contributed by atoms with Gasteiger partial charge in [-0.1, -0.05) is 18.2 Å². The van der Waals surface area contributed by atoms with E-state index in [4.69, 9.17) is 10.5 Å². The number of nitrogens with zero attached hydrogens (tertiary/aromatic N) is 1. The zero-order chi connectivity index (χ0) is 19.4. The molecule has 6 heteroatoms. The summed E-state index contributed by atoms with van der Waals surface area (Å²) in [4.78, 5) is 2.33. The molecule has 0 amide bonds. The first kappa shape index (κ1) is 19.7. The zero-order valence-electron chi connectivity index (χ0n) is 15.4. The number of rotatable bonds is 7. The van der Waals surface area contributed by atoms with Crippen LogP contribution in [-0.4, -0.2) is 37.7 Å². The monoisotopic (exact) mass is 378 g/mol. The van der Waals surface area contributed by atoms with Crippen molar-refractivity contribution in [3.8, 4) is 5.75 Å². The van der Waals surface area contributed by atoms with Gasteiger partial charge < -0.3 is 15.4 Å². The smallest absolute Gasteiger partial charge is 0.161 e. The second-order valence-electron chi connectivity index (χ2n) is 7.14.